The molecule has 0 unspecified atom stereocenters. The summed E-state index contributed by atoms with van der Waals surface area (Å²) in [6, 6.07) is 6.52. The van der Waals surface area contributed by atoms with Crippen molar-refractivity contribution < 1.29 is 23.2 Å². The van der Waals surface area contributed by atoms with Gasteiger partial charge in [0.1, 0.15) is 11.5 Å². The predicted molar refractivity (Wildman–Crippen MR) is 69.5 cm³/mol. The van der Waals surface area contributed by atoms with E-state index in [-0.39, 0.29) is 17.1 Å². The standard InChI is InChI=1S/C14H9F2NO4/c1-8(18)11-4-2-10(7-14(11)17(19)20)21-9-3-5-12(15)13(16)6-9/h2-7H,1H3. The lowest BCUT2D eigenvalue weighted by molar-refractivity contribution is -0.385. The van der Waals surface area contributed by atoms with Crippen molar-refractivity contribution in [2.45, 2.75) is 6.92 Å². The van der Waals surface area contributed by atoms with Crippen molar-refractivity contribution in [3.05, 3.63) is 63.7 Å². The van der Waals surface area contributed by atoms with Gasteiger partial charge >= 0.3 is 0 Å². The van der Waals surface area contributed by atoms with E-state index < -0.39 is 28.0 Å². The zero-order valence-corrected chi connectivity index (χ0v) is 10.8. The molecule has 0 fully saturated rings. The molecule has 2 aromatic carbocycles. The van der Waals surface area contributed by atoms with Crippen molar-refractivity contribution in [1.29, 1.82) is 0 Å². The summed E-state index contributed by atoms with van der Waals surface area (Å²) in [6.45, 7) is 1.21. The highest BCUT2D eigenvalue weighted by molar-refractivity contribution is 5.98. The van der Waals surface area contributed by atoms with Crippen LogP contribution in [0.3, 0.4) is 0 Å². The van der Waals surface area contributed by atoms with Crippen LogP contribution in [0.15, 0.2) is 36.4 Å². The number of hydrogen-bond donors (Lipinski definition) is 0. The molecular weight excluding hydrogens is 284 g/mol. The maximum Gasteiger partial charge on any atom is 0.283 e. The number of carbonyl (C=O) groups is 1. The van der Waals surface area contributed by atoms with Crippen LogP contribution in [0.1, 0.15) is 17.3 Å². The average molecular weight is 293 g/mol. The lowest BCUT2D eigenvalue weighted by Crippen LogP contribution is -2.00. The molecule has 0 aliphatic carbocycles. The first-order chi connectivity index (χ1) is 9.88. The highest BCUT2D eigenvalue weighted by Gasteiger charge is 2.18. The number of Topliss-reactive ketones (excluding diaryl/α,β-unsaturated/α-hetero) is 1. The van der Waals surface area contributed by atoms with Crippen molar-refractivity contribution in [3.8, 4) is 11.5 Å². The first kappa shape index (κ1) is 14.6. The molecule has 0 aromatic heterocycles. The molecule has 5 nitrogen and oxygen atoms in total. The first-order valence-corrected chi connectivity index (χ1v) is 5.81. The highest BCUT2D eigenvalue weighted by atomic mass is 19.2. The molecule has 0 saturated carbocycles. The molecule has 0 saturated heterocycles. The topological polar surface area (TPSA) is 69.4 Å². The van der Waals surface area contributed by atoms with Gasteiger partial charge in [-0.25, -0.2) is 8.78 Å². The highest BCUT2D eigenvalue weighted by Crippen LogP contribution is 2.29. The molecule has 7 heteroatoms. The summed E-state index contributed by atoms with van der Waals surface area (Å²) in [5, 5.41) is 10.9. The normalized spacial score (nSPS) is 10.2. The molecule has 0 spiro atoms. The van der Waals surface area contributed by atoms with E-state index in [9.17, 15) is 23.7 Å². The van der Waals surface area contributed by atoms with Gasteiger partial charge in [0, 0.05) is 6.07 Å². The third-order valence-corrected chi connectivity index (χ3v) is 2.67. The lowest BCUT2D eigenvalue weighted by Gasteiger charge is -2.07. The van der Waals surface area contributed by atoms with Crippen LogP contribution in [-0.4, -0.2) is 10.7 Å². The van der Waals surface area contributed by atoms with Gasteiger partial charge in [-0.1, -0.05) is 0 Å². The quantitative estimate of drug-likeness (QED) is 0.487. The van der Waals surface area contributed by atoms with Crippen molar-refractivity contribution in [1.82, 2.24) is 0 Å². The van der Waals surface area contributed by atoms with Gasteiger partial charge in [0.05, 0.1) is 16.6 Å². The second-order valence-corrected chi connectivity index (χ2v) is 4.17. The van der Waals surface area contributed by atoms with Gasteiger partial charge in [-0.2, -0.15) is 0 Å². The summed E-state index contributed by atoms with van der Waals surface area (Å²) in [7, 11) is 0. The third-order valence-electron chi connectivity index (χ3n) is 2.67. The number of nitro benzene ring substituents is 1. The van der Waals surface area contributed by atoms with Gasteiger partial charge in [-0.15, -0.1) is 0 Å². The van der Waals surface area contributed by atoms with E-state index in [4.69, 9.17) is 4.74 Å². The summed E-state index contributed by atoms with van der Waals surface area (Å²) >= 11 is 0. The summed E-state index contributed by atoms with van der Waals surface area (Å²) in [5.41, 5.74) is -0.472. The number of rotatable bonds is 4. The van der Waals surface area contributed by atoms with Gasteiger partial charge < -0.3 is 4.74 Å². The molecule has 0 N–H and O–H groups in total. The SMILES string of the molecule is CC(=O)c1ccc(Oc2ccc(F)c(F)c2)cc1[N+](=O)[O-]. The minimum Gasteiger partial charge on any atom is -0.457 e. The number of nitrogens with zero attached hydrogens (tertiary/aromatic N) is 1. The van der Waals surface area contributed by atoms with Crippen LogP contribution in [0.5, 0.6) is 11.5 Å². The van der Waals surface area contributed by atoms with Crippen LogP contribution >= 0.6 is 0 Å². The van der Waals surface area contributed by atoms with E-state index in [1.165, 1.54) is 25.1 Å². The Labute approximate surface area is 117 Å². The zero-order chi connectivity index (χ0) is 15.6. The molecule has 108 valence electrons. The van der Waals surface area contributed by atoms with Gasteiger partial charge in [-0.3, -0.25) is 14.9 Å². The van der Waals surface area contributed by atoms with E-state index in [1.54, 1.807) is 0 Å². The fourth-order valence-electron chi connectivity index (χ4n) is 1.70. The Morgan fingerprint density at radius 1 is 1.10 bits per heavy atom. The fraction of sp³-hybridized carbons (Fsp3) is 0.0714. The maximum absolute atomic E-state index is 13.1. The Morgan fingerprint density at radius 3 is 2.29 bits per heavy atom. The molecule has 2 rings (SSSR count). The van der Waals surface area contributed by atoms with Gasteiger partial charge in [0.15, 0.2) is 17.4 Å². The largest absolute Gasteiger partial charge is 0.457 e. The molecular formula is C14H9F2NO4. The number of ether oxygens (including phenoxy) is 1. The van der Waals surface area contributed by atoms with Crippen molar-refractivity contribution in [2.24, 2.45) is 0 Å². The van der Waals surface area contributed by atoms with Crippen molar-refractivity contribution >= 4 is 11.5 Å². The monoisotopic (exact) mass is 293 g/mol. The smallest absolute Gasteiger partial charge is 0.283 e. The van der Waals surface area contributed by atoms with Gasteiger partial charge in [0.2, 0.25) is 0 Å². The van der Waals surface area contributed by atoms with Crippen LogP contribution in [0, 0.1) is 21.7 Å². The Bertz CT molecular complexity index is 731. The van der Waals surface area contributed by atoms with E-state index in [0.29, 0.717) is 0 Å². The van der Waals surface area contributed by atoms with Gasteiger partial charge in [-0.05, 0) is 31.2 Å². The second-order valence-electron chi connectivity index (χ2n) is 4.17. The summed E-state index contributed by atoms with van der Waals surface area (Å²) in [4.78, 5) is 21.5. The number of carbonyl (C=O) groups excluding carboxylic acids is 1. The molecule has 2 aromatic rings. The molecule has 21 heavy (non-hydrogen) atoms. The van der Waals surface area contributed by atoms with Crippen LogP contribution in [-0.2, 0) is 0 Å². The lowest BCUT2D eigenvalue weighted by atomic mass is 10.1. The Balaban J connectivity index is 2.36. The van der Waals surface area contributed by atoms with E-state index in [2.05, 4.69) is 0 Å². The van der Waals surface area contributed by atoms with E-state index >= 15 is 0 Å². The summed E-state index contributed by atoms with van der Waals surface area (Å²) in [6.07, 6.45) is 0. The molecule has 0 aliphatic rings. The Kier molecular flexibility index (Phi) is 3.93. The van der Waals surface area contributed by atoms with Crippen molar-refractivity contribution in [3.63, 3.8) is 0 Å². The molecule has 0 heterocycles. The van der Waals surface area contributed by atoms with Crippen LogP contribution in [0.4, 0.5) is 14.5 Å². The number of halogens is 2. The molecule has 0 aliphatic heterocycles. The van der Waals surface area contributed by atoms with E-state index in [0.717, 1.165) is 18.2 Å². The van der Waals surface area contributed by atoms with Crippen LogP contribution < -0.4 is 4.74 Å². The fourth-order valence-corrected chi connectivity index (χ4v) is 1.70. The predicted octanol–water partition coefficient (Wildman–Crippen LogP) is 3.87. The summed E-state index contributed by atoms with van der Waals surface area (Å²) in [5.74, 6) is -2.56. The van der Waals surface area contributed by atoms with E-state index in [1.807, 2.05) is 0 Å². The molecule has 0 atom stereocenters. The summed E-state index contributed by atoms with van der Waals surface area (Å²) < 4.78 is 31.1. The second kappa shape index (κ2) is 5.66. The van der Waals surface area contributed by atoms with Crippen LogP contribution in [0.25, 0.3) is 0 Å². The van der Waals surface area contributed by atoms with Gasteiger partial charge in [0.25, 0.3) is 5.69 Å². The van der Waals surface area contributed by atoms with Crippen molar-refractivity contribution in [2.75, 3.05) is 0 Å². The number of benzene rings is 2. The molecule has 0 radical (unpaired) electrons. The number of hydrogen-bond acceptors (Lipinski definition) is 4. The zero-order valence-electron chi connectivity index (χ0n) is 10.8. The minimum absolute atomic E-state index is 0.0150. The number of nitro groups is 1. The minimum atomic E-state index is -1.10. The Hall–Kier alpha value is -2.83. The average Bonchev–Trinajstić information content (AvgIpc) is 2.42. The number of ketones is 1. The maximum atomic E-state index is 13.1. The Morgan fingerprint density at radius 2 is 1.71 bits per heavy atom. The molecule has 0 bridgehead atoms. The molecule has 0 amide bonds. The third kappa shape index (κ3) is 3.19. The first-order valence-electron chi connectivity index (χ1n) is 5.81. The van der Waals surface area contributed by atoms with Crippen LogP contribution in [0.2, 0.25) is 0 Å².